The normalized spacial score (nSPS) is 16.3. The van der Waals surface area contributed by atoms with Crippen molar-refractivity contribution in [2.24, 2.45) is 0 Å². The van der Waals surface area contributed by atoms with Crippen LogP contribution in [0.25, 0.3) is 22.7 Å². The zero-order chi connectivity index (χ0) is 15.8. The van der Waals surface area contributed by atoms with Gasteiger partial charge in [-0.3, -0.25) is 14.9 Å². The number of hydrogen-bond donors (Lipinski definition) is 1. The number of nitrogens with zero attached hydrogens (tertiary/aromatic N) is 1. The number of para-hydroxylation sites is 2. The van der Waals surface area contributed by atoms with Crippen molar-refractivity contribution >= 4 is 39.9 Å². The fourth-order valence-corrected chi connectivity index (χ4v) is 3.36. The summed E-state index contributed by atoms with van der Waals surface area (Å²) in [6.07, 6.45) is 3.76. The number of benzene rings is 2. The van der Waals surface area contributed by atoms with E-state index in [9.17, 15) is 9.59 Å². The second-order valence-electron chi connectivity index (χ2n) is 5.16. The number of fused-ring (bicyclic) bond motifs is 1. The summed E-state index contributed by atoms with van der Waals surface area (Å²) in [7, 11) is 0. The van der Waals surface area contributed by atoms with Crippen LogP contribution in [0.5, 0.6) is 0 Å². The molecule has 23 heavy (non-hydrogen) atoms. The van der Waals surface area contributed by atoms with E-state index in [0.29, 0.717) is 4.91 Å². The Hall–Kier alpha value is -2.79. The molecular weight excluding hydrogens is 308 g/mol. The highest BCUT2D eigenvalue weighted by atomic mass is 32.2. The molecule has 1 aromatic heterocycles. The molecule has 5 heteroatoms. The van der Waals surface area contributed by atoms with Gasteiger partial charge in [-0.2, -0.15) is 0 Å². The van der Waals surface area contributed by atoms with Crippen molar-refractivity contribution in [2.75, 3.05) is 0 Å². The van der Waals surface area contributed by atoms with Crippen molar-refractivity contribution in [3.05, 3.63) is 71.3 Å². The number of carbonyl (C=O) groups is 2. The van der Waals surface area contributed by atoms with Gasteiger partial charge in [0, 0.05) is 22.8 Å². The Bertz CT molecular complexity index is 958. The summed E-state index contributed by atoms with van der Waals surface area (Å²) in [5.41, 5.74) is 3.02. The summed E-state index contributed by atoms with van der Waals surface area (Å²) in [5.74, 6) is -0.337. The van der Waals surface area contributed by atoms with Crippen LogP contribution in [0.15, 0.2) is 65.7 Å². The third-order valence-corrected chi connectivity index (χ3v) is 4.52. The molecule has 4 rings (SSSR count). The van der Waals surface area contributed by atoms with Gasteiger partial charge < -0.3 is 4.57 Å². The van der Waals surface area contributed by atoms with E-state index in [1.807, 2.05) is 60.8 Å². The van der Waals surface area contributed by atoms with E-state index in [4.69, 9.17) is 0 Å². The minimum absolute atomic E-state index is 0.326. The Morgan fingerprint density at radius 3 is 2.43 bits per heavy atom. The fourth-order valence-electron chi connectivity index (χ4n) is 2.69. The first-order valence-electron chi connectivity index (χ1n) is 7.13. The number of rotatable bonds is 2. The Balaban J connectivity index is 1.90. The van der Waals surface area contributed by atoms with Gasteiger partial charge in [0.1, 0.15) is 0 Å². The van der Waals surface area contributed by atoms with E-state index in [1.165, 1.54) is 0 Å². The zero-order valence-electron chi connectivity index (χ0n) is 12.0. The lowest BCUT2D eigenvalue weighted by Gasteiger charge is -2.04. The number of thioether (sulfide) groups is 1. The minimum Gasteiger partial charge on any atom is -0.316 e. The van der Waals surface area contributed by atoms with Crippen molar-refractivity contribution in [3.8, 4) is 5.69 Å². The molecule has 1 aliphatic rings. The van der Waals surface area contributed by atoms with E-state index >= 15 is 0 Å². The number of aromatic nitrogens is 1. The zero-order valence-corrected chi connectivity index (χ0v) is 12.8. The molecule has 2 amide bonds. The molecule has 112 valence electrons. The van der Waals surface area contributed by atoms with E-state index in [2.05, 4.69) is 9.88 Å². The minimum atomic E-state index is -0.337. The summed E-state index contributed by atoms with van der Waals surface area (Å²) in [6.45, 7) is 0. The van der Waals surface area contributed by atoms with Crippen molar-refractivity contribution in [3.63, 3.8) is 0 Å². The lowest BCUT2D eigenvalue weighted by Crippen LogP contribution is -2.17. The molecule has 1 saturated heterocycles. The first-order valence-corrected chi connectivity index (χ1v) is 7.94. The number of carbonyl (C=O) groups excluding carboxylic acids is 2. The highest BCUT2D eigenvalue weighted by molar-refractivity contribution is 8.18. The maximum atomic E-state index is 11.8. The van der Waals surface area contributed by atoms with Crippen LogP contribution in [0.2, 0.25) is 0 Å². The molecular formula is C18H12N2O2S. The van der Waals surface area contributed by atoms with Crippen molar-refractivity contribution in [2.45, 2.75) is 0 Å². The summed E-state index contributed by atoms with van der Waals surface area (Å²) < 4.78 is 2.08. The smallest absolute Gasteiger partial charge is 0.290 e. The third-order valence-electron chi connectivity index (χ3n) is 3.71. The van der Waals surface area contributed by atoms with Gasteiger partial charge in [0.25, 0.3) is 11.1 Å². The Labute approximate surface area is 136 Å². The van der Waals surface area contributed by atoms with Gasteiger partial charge >= 0.3 is 0 Å². The molecule has 1 aliphatic heterocycles. The highest BCUT2D eigenvalue weighted by Gasteiger charge is 2.25. The highest BCUT2D eigenvalue weighted by Crippen LogP contribution is 2.30. The van der Waals surface area contributed by atoms with E-state index in [1.54, 1.807) is 6.08 Å². The van der Waals surface area contributed by atoms with Crippen LogP contribution < -0.4 is 5.32 Å². The van der Waals surface area contributed by atoms with Crippen LogP contribution in [0.4, 0.5) is 4.79 Å². The summed E-state index contributed by atoms with van der Waals surface area (Å²) in [4.78, 5) is 23.5. The van der Waals surface area contributed by atoms with Gasteiger partial charge in [-0.05, 0) is 36.0 Å². The lowest BCUT2D eigenvalue weighted by atomic mass is 10.1. The lowest BCUT2D eigenvalue weighted by molar-refractivity contribution is -0.115. The molecule has 2 aromatic carbocycles. The van der Waals surface area contributed by atoms with Crippen molar-refractivity contribution < 1.29 is 9.59 Å². The van der Waals surface area contributed by atoms with Gasteiger partial charge in [-0.1, -0.05) is 36.4 Å². The quantitative estimate of drug-likeness (QED) is 0.727. The average molecular weight is 320 g/mol. The first kappa shape index (κ1) is 13.8. The molecule has 3 aromatic rings. The predicted molar refractivity (Wildman–Crippen MR) is 92.4 cm³/mol. The molecule has 4 nitrogen and oxygen atoms in total. The second-order valence-corrected chi connectivity index (χ2v) is 6.17. The maximum absolute atomic E-state index is 11.8. The van der Waals surface area contributed by atoms with Gasteiger partial charge in [0.2, 0.25) is 0 Å². The van der Waals surface area contributed by atoms with E-state index < -0.39 is 0 Å². The van der Waals surface area contributed by atoms with Gasteiger partial charge in [0.15, 0.2) is 0 Å². The van der Waals surface area contributed by atoms with Crippen molar-refractivity contribution in [1.29, 1.82) is 0 Å². The number of hydrogen-bond acceptors (Lipinski definition) is 3. The molecule has 1 N–H and O–H groups in total. The molecule has 0 bridgehead atoms. The van der Waals surface area contributed by atoms with E-state index in [0.717, 1.165) is 33.9 Å². The average Bonchev–Trinajstić information content (AvgIpc) is 3.09. The van der Waals surface area contributed by atoms with Crippen LogP contribution in [0, 0.1) is 0 Å². The molecule has 0 unspecified atom stereocenters. The van der Waals surface area contributed by atoms with Gasteiger partial charge in [-0.15, -0.1) is 0 Å². The Morgan fingerprint density at radius 2 is 1.70 bits per heavy atom. The molecule has 0 radical (unpaired) electrons. The first-order chi connectivity index (χ1) is 11.2. The molecule has 0 atom stereocenters. The van der Waals surface area contributed by atoms with Crippen molar-refractivity contribution in [1.82, 2.24) is 9.88 Å². The van der Waals surface area contributed by atoms with Gasteiger partial charge in [-0.25, -0.2) is 0 Å². The molecule has 1 fully saturated rings. The fraction of sp³-hybridized carbons (Fsp3) is 0. The molecule has 0 saturated carbocycles. The maximum Gasteiger partial charge on any atom is 0.290 e. The molecule has 2 heterocycles. The van der Waals surface area contributed by atoms with Crippen LogP contribution in [0.3, 0.4) is 0 Å². The molecule has 0 aliphatic carbocycles. The SMILES string of the molecule is O=C1NC(=O)/C(=C/c2cn(-c3ccccc3)c3ccccc23)S1. The van der Waals surface area contributed by atoms with E-state index in [-0.39, 0.29) is 11.1 Å². The van der Waals surface area contributed by atoms with Crippen LogP contribution in [0.1, 0.15) is 5.56 Å². The Morgan fingerprint density at radius 1 is 0.957 bits per heavy atom. The number of amides is 2. The summed E-state index contributed by atoms with van der Waals surface area (Å²) in [5, 5.41) is 3.00. The standard InChI is InChI=1S/C18H12N2O2S/c21-17-16(23-18(22)19-17)10-12-11-20(13-6-2-1-3-7-13)15-9-5-4-8-14(12)15/h1-11H,(H,19,21,22)/b16-10-. The van der Waals surface area contributed by atoms with Crippen LogP contribution in [-0.4, -0.2) is 15.7 Å². The van der Waals surface area contributed by atoms with Gasteiger partial charge in [0.05, 0.1) is 10.4 Å². The summed E-state index contributed by atoms with van der Waals surface area (Å²) in [6, 6.07) is 18.0. The monoisotopic (exact) mass is 320 g/mol. The second kappa shape index (κ2) is 5.44. The largest absolute Gasteiger partial charge is 0.316 e. The topological polar surface area (TPSA) is 51.1 Å². The number of imide groups is 1. The third kappa shape index (κ3) is 2.45. The van der Waals surface area contributed by atoms with Crippen LogP contribution >= 0.6 is 11.8 Å². The Kier molecular flexibility index (Phi) is 3.28. The van der Waals surface area contributed by atoms with Crippen LogP contribution in [-0.2, 0) is 4.79 Å². The molecule has 0 spiro atoms. The predicted octanol–water partition coefficient (Wildman–Crippen LogP) is 3.95. The number of nitrogens with one attached hydrogen (secondary N) is 1. The summed E-state index contributed by atoms with van der Waals surface area (Å²) >= 11 is 0.934.